The van der Waals surface area contributed by atoms with Crippen LogP contribution in [0.5, 0.6) is 0 Å². The fourth-order valence-electron chi connectivity index (χ4n) is 1.98. The molecule has 0 amide bonds. The summed E-state index contributed by atoms with van der Waals surface area (Å²) in [6.45, 7) is 5.10. The van der Waals surface area contributed by atoms with Gasteiger partial charge in [0.1, 0.15) is 0 Å². The smallest absolute Gasteiger partial charge is 0.0364 e. The molecule has 0 unspecified atom stereocenters. The first-order chi connectivity index (χ1) is 8.66. The summed E-state index contributed by atoms with van der Waals surface area (Å²) < 4.78 is 0. The molecular formula is C16H20N2. The maximum atomic E-state index is 5.89. The van der Waals surface area contributed by atoms with Crippen molar-refractivity contribution in [2.24, 2.45) is 0 Å². The van der Waals surface area contributed by atoms with E-state index in [9.17, 15) is 0 Å². The molecular weight excluding hydrogens is 220 g/mol. The van der Waals surface area contributed by atoms with Gasteiger partial charge in [-0.25, -0.2) is 0 Å². The molecule has 2 nitrogen and oxygen atoms in total. The molecule has 0 spiro atoms. The van der Waals surface area contributed by atoms with Crippen molar-refractivity contribution in [3.63, 3.8) is 0 Å². The summed E-state index contributed by atoms with van der Waals surface area (Å²) in [4.78, 5) is 0. The van der Waals surface area contributed by atoms with Crippen LogP contribution in [0, 0.1) is 13.8 Å². The number of hydrogen-bond acceptors (Lipinski definition) is 2. The molecule has 0 aliphatic rings. The zero-order chi connectivity index (χ0) is 13.0. The zero-order valence-corrected chi connectivity index (χ0v) is 11.0. The van der Waals surface area contributed by atoms with E-state index < -0.39 is 0 Å². The van der Waals surface area contributed by atoms with Crippen molar-refractivity contribution in [2.45, 2.75) is 20.3 Å². The average Bonchev–Trinajstić information content (AvgIpc) is 2.36. The number of anilines is 2. The Morgan fingerprint density at radius 3 is 2.50 bits per heavy atom. The van der Waals surface area contributed by atoms with Crippen molar-refractivity contribution in [3.05, 3.63) is 59.2 Å². The fourth-order valence-corrected chi connectivity index (χ4v) is 1.98. The first-order valence-corrected chi connectivity index (χ1v) is 6.31. The normalized spacial score (nSPS) is 10.3. The second-order valence-corrected chi connectivity index (χ2v) is 4.67. The second kappa shape index (κ2) is 5.58. The van der Waals surface area contributed by atoms with Gasteiger partial charge in [0.15, 0.2) is 0 Å². The molecule has 3 N–H and O–H groups in total. The highest BCUT2D eigenvalue weighted by molar-refractivity contribution is 5.58. The Labute approximate surface area is 109 Å². The van der Waals surface area contributed by atoms with Crippen molar-refractivity contribution in [2.75, 3.05) is 17.6 Å². The molecule has 0 heterocycles. The fraction of sp³-hybridized carbons (Fsp3) is 0.250. The van der Waals surface area contributed by atoms with E-state index in [2.05, 4.69) is 42.6 Å². The minimum absolute atomic E-state index is 0.843. The lowest BCUT2D eigenvalue weighted by Gasteiger charge is -2.10. The number of nitrogens with two attached hydrogens (primary N) is 1. The maximum absolute atomic E-state index is 5.89. The molecule has 94 valence electrons. The number of benzene rings is 2. The largest absolute Gasteiger partial charge is 0.398 e. The van der Waals surface area contributed by atoms with Crippen molar-refractivity contribution in [1.82, 2.24) is 0 Å². The van der Waals surface area contributed by atoms with Gasteiger partial charge in [-0.3, -0.25) is 0 Å². The van der Waals surface area contributed by atoms with E-state index in [1.54, 1.807) is 0 Å². The quantitative estimate of drug-likeness (QED) is 0.802. The van der Waals surface area contributed by atoms with Crippen LogP contribution in [-0.2, 0) is 6.42 Å². The molecule has 18 heavy (non-hydrogen) atoms. The molecule has 0 saturated carbocycles. The average molecular weight is 240 g/mol. The van der Waals surface area contributed by atoms with E-state index in [-0.39, 0.29) is 0 Å². The number of hydrogen-bond donors (Lipinski definition) is 2. The predicted octanol–water partition coefficient (Wildman–Crippen LogP) is 3.54. The first kappa shape index (κ1) is 12.5. The van der Waals surface area contributed by atoms with Crippen LogP contribution >= 0.6 is 0 Å². The van der Waals surface area contributed by atoms with Crippen molar-refractivity contribution >= 4 is 11.4 Å². The molecule has 2 aromatic rings. The van der Waals surface area contributed by atoms with E-state index in [1.165, 1.54) is 11.1 Å². The minimum Gasteiger partial charge on any atom is -0.398 e. The highest BCUT2D eigenvalue weighted by Gasteiger charge is 1.98. The Balaban J connectivity index is 1.92. The van der Waals surface area contributed by atoms with Gasteiger partial charge in [0.05, 0.1) is 0 Å². The number of aryl methyl sites for hydroxylation is 2. The molecule has 0 atom stereocenters. The molecule has 0 aliphatic carbocycles. The predicted molar refractivity (Wildman–Crippen MR) is 79.0 cm³/mol. The van der Waals surface area contributed by atoms with Gasteiger partial charge in [-0.05, 0) is 49.1 Å². The Bertz CT molecular complexity index is 532. The van der Waals surface area contributed by atoms with Gasteiger partial charge in [0.2, 0.25) is 0 Å². The van der Waals surface area contributed by atoms with Crippen LogP contribution in [0.4, 0.5) is 11.4 Å². The SMILES string of the molecule is Cc1ccc(NCCc2ccccc2C)cc1N. The molecule has 2 rings (SSSR count). The topological polar surface area (TPSA) is 38.0 Å². The summed E-state index contributed by atoms with van der Waals surface area (Å²) in [6.07, 6.45) is 1.03. The number of rotatable bonds is 4. The maximum Gasteiger partial charge on any atom is 0.0364 e. The van der Waals surface area contributed by atoms with Crippen molar-refractivity contribution in [1.29, 1.82) is 0 Å². The van der Waals surface area contributed by atoms with Gasteiger partial charge in [-0.15, -0.1) is 0 Å². The van der Waals surface area contributed by atoms with E-state index in [0.717, 1.165) is 29.9 Å². The van der Waals surface area contributed by atoms with Crippen LogP contribution in [0.25, 0.3) is 0 Å². The highest BCUT2D eigenvalue weighted by atomic mass is 14.9. The molecule has 0 saturated heterocycles. The monoisotopic (exact) mass is 240 g/mol. The van der Waals surface area contributed by atoms with Crippen LogP contribution < -0.4 is 11.1 Å². The van der Waals surface area contributed by atoms with Gasteiger partial charge in [0.25, 0.3) is 0 Å². The lowest BCUT2D eigenvalue weighted by molar-refractivity contribution is 1.01. The number of nitrogen functional groups attached to an aromatic ring is 1. The summed E-state index contributed by atoms with van der Waals surface area (Å²) in [7, 11) is 0. The van der Waals surface area contributed by atoms with Crippen LogP contribution in [0.1, 0.15) is 16.7 Å². The number of nitrogens with one attached hydrogen (secondary N) is 1. The van der Waals surface area contributed by atoms with Crippen LogP contribution in [0.15, 0.2) is 42.5 Å². The van der Waals surface area contributed by atoms with E-state index in [4.69, 9.17) is 5.73 Å². The molecule has 0 fully saturated rings. The third-order valence-electron chi connectivity index (χ3n) is 3.26. The van der Waals surface area contributed by atoms with Crippen LogP contribution in [0.2, 0.25) is 0 Å². The van der Waals surface area contributed by atoms with E-state index in [0.29, 0.717) is 0 Å². The van der Waals surface area contributed by atoms with E-state index >= 15 is 0 Å². The summed E-state index contributed by atoms with van der Waals surface area (Å²) in [6, 6.07) is 14.6. The standard InChI is InChI=1S/C16H20N2/c1-12-5-3-4-6-14(12)9-10-18-15-8-7-13(2)16(17)11-15/h3-8,11,18H,9-10,17H2,1-2H3. The summed E-state index contributed by atoms with van der Waals surface area (Å²) in [5.41, 5.74) is 11.7. The zero-order valence-electron chi connectivity index (χ0n) is 11.0. The summed E-state index contributed by atoms with van der Waals surface area (Å²) in [5, 5.41) is 3.41. The van der Waals surface area contributed by atoms with Gasteiger partial charge in [0, 0.05) is 17.9 Å². The molecule has 2 aromatic carbocycles. The Morgan fingerprint density at radius 2 is 1.78 bits per heavy atom. The Kier molecular flexibility index (Phi) is 3.88. The van der Waals surface area contributed by atoms with Crippen molar-refractivity contribution in [3.8, 4) is 0 Å². The van der Waals surface area contributed by atoms with E-state index in [1.807, 2.05) is 19.1 Å². The lowest BCUT2D eigenvalue weighted by Crippen LogP contribution is -2.06. The Hall–Kier alpha value is -1.96. The second-order valence-electron chi connectivity index (χ2n) is 4.67. The molecule has 0 aliphatic heterocycles. The van der Waals surface area contributed by atoms with Gasteiger partial charge >= 0.3 is 0 Å². The highest BCUT2D eigenvalue weighted by Crippen LogP contribution is 2.17. The molecule has 0 radical (unpaired) electrons. The molecule has 0 bridgehead atoms. The van der Waals surface area contributed by atoms with Gasteiger partial charge < -0.3 is 11.1 Å². The van der Waals surface area contributed by atoms with Gasteiger partial charge in [-0.2, -0.15) is 0 Å². The summed E-state index contributed by atoms with van der Waals surface area (Å²) >= 11 is 0. The Morgan fingerprint density at radius 1 is 1.00 bits per heavy atom. The molecule has 0 aromatic heterocycles. The third-order valence-corrected chi connectivity index (χ3v) is 3.26. The van der Waals surface area contributed by atoms with Crippen LogP contribution in [-0.4, -0.2) is 6.54 Å². The minimum atomic E-state index is 0.843. The lowest BCUT2D eigenvalue weighted by atomic mass is 10.1. The summed E-state index contributed by atoms with van der Waals surface area (Å²) in [5.74, 6) is 0. The third kappa shape index (κ3) is 3.04. The van der Waals surface area contributed by atoms with Crippen LogP contribution in [0.3, 0.4) is 0 Å². The van der Waals surface area contributed by atoms with Crippen molar-refractivity contribution < 1.29 is 0 Å². The first-order valence-electron chi connectivity index (χ1n) is 6.31. The van der Waals surface area contributed by atoms with Gasteiger partial charge in [-0.1, -0.05) is 30.3 Å². The molecule has 2 heteroatoms.